The van der Waals surface area contributed by atoms with Gasteiger partial charge in [0.2, 0.25) is 0 Å². The van der Waals surface area contributed by atoms with Crippen molar-refractivity contribution in [2.45, 2.75) is 53.1 Å². The van der Waals surface area contributed by atoms with Gasteiger partial charge in [0.05, 0.1) is 16.7 Å². The van der Waals surface area contributed by atoms with Gasteiger partial charge in [-0.3, -0.25) is 9.13 Å². The molecule has 0 fully saturated rings. The second-order valence-corrected chi connectivity index (χ2v) is 26.6. The van der Waals surface area contributed by atoms with Crippen molar-refractivity contribution in [2.24, 2.45) is 0 Å². The molecule has 14 rings (SSSR count). The van der Waals surface area contributed by atoms with E-state index in [1.165, 1.54) is 32.9 Å². The van der Waals surface area contributed by atoms with E-state index in [0.717, 1.165) is 83.7 Å². The number of imidazole rings is 1. The Morgan fingerprint density at radius 3 is 1.91 bits per heavy atom. The van der Waals surface area contributed by atoms with Gasteiger partial charge in [0.25, 0.3) is 6.33 Å². The Morgan fingerprint density at radius 1 is 0.615 bits per heavy atom. The van der Waals surface area contributed by atoms with Crippen LogP contribution >= 0.6 is 0 Å². The Morgan fingerprint density at radius 2 is 1.22 bits per heavy atom. The maximum atomic E-state index is 13.1. The second-order valence-electron chi connectivity index (χ2n) is 22.3. The molecule has 0 saturated carbocycles. The van der Waals surface area contributed by atoms with Crippen molar-refractivity contribution < 1.29 is 35.5 Å². The summed E-state index contributed by atoms with van der Waals surface area (Å²) >= 11 is 0. The number of aryl methyl sites for hydroxylation is 2. The van der Waals surface area contributed by atoms with E-state index in [4.69, 9.17) is 9.72 Å². The van der Waals surface area contributed by atoms with Crippen LogP contribution in [0.15, 0.2) is 200 Å². The van der Waals surface area contributed by atoms with Crippen molar-refractivity contribution in [3.8, 4) is 73.1 Å². The van der Waals surface area contributed by atoms with Crippen molar-refractivity contribution in [2.75, 3.05) is 9.62 Å². The Bertz CT molecular complexity index is 4210. The van der Waals surface area contributed by atoms with Gasteiger partial charge in [0.15, 0.2) is 11.5 Å². The standard InChI is InChI=1S/C68H55BN5O2Si.Pt/c1-43-20-18-21-44(2)62(43)69-73(47-24-12-9-13-25-47)56-34-32-48(41-57(56)74(69)61-40-46(38-39-70-61)68(3,4)5)76-58-35-37-60-66(67(58)75)72-42-71-63-49(45-22-10-8-11-23-45)30-19-31-54(63)52-28-16-14-26-50(52)51-27-15-17-29-53(51)55-33-36-59(77(60,6)7)65(72)64(55)71;/h8-40,75H,1-7H3;/q-1;+2. The maximum Gasteiger partial charge on any atom is 2.00 e. The summed E-state index contributed by atoms with van der Waals surface area (Å²) in [5.41, 5.74) is 20.3. The van der Waals surface area contributed by atoms with Crippen molar-refractivity contribution in [3.05, 3.63) is 229 Å². The van der Waals surface area contributed by atoms with Crippen LogP contribution < -0.4 is 34.8 Å². The van der Waals surface area contributed by atoms with Gasteiger partial charge >= 0.3 is 28.0 Å². The molecule has 0 amide bonds. The first-order valence-electron chi connectivity index (χ1n) is 26.6. The molecule has 0 unspecified atom stereocenters. The molecule has 0 aliphatic carbocycles. The molecule has 0 radical (unpaired) electrons. The van der Waals surface area contributed by atoms with Crippen LogP contribution in [0.2, 0.25) is 13.1 Å². The Balaban J connectivity index is 0.00000579. The third-order valence-electron chi connectivity index (χ3n) is 16.3. The first kappa shape index (κ1) is 49.3. The van der Waals surface area contributed by atoms with E-state index in [9.17, 15) is 5.11 Å². The molecule has 0 saturated heterocycles. The summed E-state index contributed by atoms with van der Waals surface area (Å²) in [5.74, 6) is 1.67. The molecule has 0 spiro atoms. The normalized spacial score (nSPS) is 13.6. The van der Waals surface area contributed by atoms with Gasteiger partial charge in [-0.05, 0) is 116 Å². The van der Waals surface area contributed by atoms with Gasteiger partial charge in [-0.2, -0.15) is 0 Å². The van der Waals surface area contributed by atoms with Gasteiger partial charge in [-0.15, -0.1) is 18.2 Å². The molecule has 5 heterocycles. The summed E-state index contributed by atoms with van der Waals surface area (Å²) in [7, 11) is -2.54. The molecule has 380 valence electrons. The minimum atomic E-state index is -2.54. The van der Waals surface area contributed by atoms with Crippen LogP contribution in [0.1, 0.15) is 37.5 Å². The third-order valence-corrected chi connectivity index (χ3v) is 19.8. The molecule has 10 heteroatoms. The molecule has 0 atom stereocenters. The molecule has 78 heavy (non-hydrogen) atoms. The fourth-order valence-electron chi connectivity index (χ4n) is 12.6. The van der Waals surface area contributed by atoms with E-state index in [2.05, 4.69) is 261 Å². The number of rotatable bonds is 6. The number of anilines is 4. The van der Waals surface area contributed by atoms with Gasteiger partial charge in [-0.1, -0.05) is 208 Å². The number of hydrogen-bond donors (Lipinski definition) is 1. The summed E-state index contributed by atoms with van der Waals surface area (Å²) < 4.78 is 11.4. The van der Waals surface area contributed by atoms with Gasteiger partial charge < -0.3 is 19.5 Å². The number of phenolic OH excluding ortho intramolecular Hbond substituents is 1. The molecular weight excluding hydrogens is 1150 g/mol. The van der Waals surface area contributed by atoms with Crippen LogP contribution in [0.3, 0.4) is 0 Å². The first-order chi connectivity index (χ1) is 37.4. The van der Waals surface area contributed by atoms with Crippen molar-refractivity contribution >= 4 is 64.8 Å². The number of aromatic hydroxyl groups is 1. The van der Waals surface area contributed by atoms with E-state index >= 15 is 0 Å². The number of hydrogen-bond acceptors (Lipinski definition) is 5. The van der Waals surface area contributed by atoms with Gasteiger partial charge in [-0.25, -0.2) is 4.98 Å². The minimum Gasteiger partial charge on any atom is -0.508 e. The van der Waals surface area contributed by atoms with Crippen LogP contribution in [0.25, 0.3) is 66.9 Å². The molecule has 3 aliphatic heterocycles. The quantitative estimate of drug-likeness (QED) is 0.102. The van der Waals surface area contributed by atoms with E-state index in [1.807, 2.05) is 18.3 Å². The van der Waals surface area contributed by atoms with Crippen LogP contribution in [-0.4, -0.2) is 29.7 Å². The third kappa shape index (κ3) is 7.50. The number of nitrogens with zero attached hydrogens (tertiary/aromatic N) is 5. The molecule has 3 aliphatic rings. The predicted octanol–water partition coefficient (Wildman–Crippen LogP) is 14.1. The molecule has 9 aromatic carbocycles. The Hall–Kier alpha value is -8.23. The summed E-state index contributed by atoms with van der Waals surface area (Å²) in [6.45, 7) is 15.6. The van der Waals surface area contributed by atoms with Gasteiger partial charge in [0, 0.05) is 17.6 Å². The van der Waals surface area contributed by atoms with Crippen LogP contribution in [0.4, 0.5) is 22.9 Å². The largest absolute Gasteiger partial charge is 2.00 e. The van der Waals surface area contributed by atoms with Gasteiger partial charge in [0.1, 0.15) is 19.6 Å². The number of benzene rings is 9. The fraction of sp³-hybridized carbons (Fsp3) is 0.118. The predicted molar refractivity (Wildman–Crippen MR) is 318 cm³/mol. The SMILES string of the molecule is Cc1cccc(C)c1B1N(c2cc(C(C)(C)C)ccn2)c2[c-]c(Oc3ccc4c(c3O)-n3[c-][n+]5c6c(ccc(c63)[Si]4(C)C)-c3ccccc3-c3ccccc3-c3cccc(-c4ccccc4)c3-5)ccc2N1c1ccccc1.[Pt+2]. The number of aromatic nitrogens is 3. The van der Waals surface area contributed by atoms with Crippen LogP contribution in [-0.2, 0) is 26.5 Å². The molecule has 2 aromatic heterocycles. The maximum absolute atomic E-state index is 13.1. The second kappa shape index (κ2) is 18.5. The van der Waals surface area contributed by atoms with E-state index < -0.39 is 8.07 Å². The van der Waals surface area contributed by atoms with Crippen molar-refractivity contribution in [1.29, 1.82) is 0 Å². The zero-order valence-electron chi connectivity index (χ0n) is 44.5. The summed E-state index contributed by atoms with van der Waals surface area (Å²) in [6, 6.07) is 72.9. The number of pyridine rings is 1. The van der Waals surface area contributed by atoms with E-state index in [-0.39, 0.29) is 39.2 Å². The smallest absolute Gasteiger partial charge is 0.508 e. The minimum absolute atomic E-state index is 0. The number of fused-ring (bicyclic) bond motifs is 10. The summed E-state index contributed by atoms with van der Waals surface area (Å²) in [4.78, 5) is 9.82. The average Bonchev–Trinajstić information content (AvgIpc) is 4.06. The van der Waals surface area contributed by atoms with Crippen LogP contribution in [0, 0.1) is 26.2 Å². The zero-order chi connectivity index (χ0) is 52.5. The first-order valence-corrected chi connectivity index (χ1v) is 29.6. The van der Waals surface area contributed by atoms with Crippen molar-refractivity contribution in [1.82, 2.24) is 9.55 Å². The molecule has 7 nitrogen and oxygen atoms in total. The van der Waals surface area contributed by atoms with Crippen LogP contribution in [0.5, 0.6) is 17.2 Å². The number of ether oxygens (including phenoxy) is 1. The monoisotopic (exact) mass is 1210 g/mol. The summed E-state index contributed by atoms with van der Waals surface area (Å²) in [6.07, 6.45) is 5.88. The topological polar surface area (TPSA) is 57.6 Å². The van der Waals surface area contributed by atoms with E-state index in [0.29, 0.717) is 17.2 Å². The molecule has 0 bridgehead atoms. The molecule has 11 aromatic rings. The van der Waals surface area contributed by atoms with Crippen molar-refractivity contribution in [3.63, 3.8) is 0 Å². The van der Waals surface area contributed by atoms with E-state index in [1.54, 1.807) is 0 Å². The zero-order valence-corrected chi connectivity index (χ0v) is 47.8. The average molecular weight is 1210 g/mol. The molecular formula is C68H55BN5O2PtSi+. The Kier molecular flexibility index (Phi) is 11.7. The fourth-order valence-corrected chi connectivity index (χ4v) is 15.5. The Labute approximate surface area is 472 Å². The number of para-hydroxylation sites is 2. The molecule has 1 N–H and O–H groups in total. The summed E-state index contributed by atoms with van der Waals surface area (Å²) in [5, 5.41) is 15.5. The number of phenols is 1.